The van der Waals surface area contributed by atoms with Crippen molar-refractivity contribution in [2.45, 2.75) is 38.6 Å². The number of hydrogen-bond donors (Lipinski definition) is 1. The Morgan fingerprint density at radius 2 is 1.96 bits per heavy atom. The number of benzene rings is 1. The predicted octanol–water partition coefficient (Wildman–Crippen LogP) is 2.98. The smallest absolute Gasteiger partial charge is 0.253 e. The fourth-order valence-electron chi connectivity index (χ4n) is 3.77. The average molecular weight is 327 g/mol. The van der Waals surface area contributed by atoms with Crippen LogP contribution in [0.5, 0.6) is 0 Å². The lowest BCUT2D eigenvalue weighted by molar-refractivity contribution is 0.0914. The fourth-order valence-corrected chi connectivity index (χ4v) is 3.77. The molecule has 4 heteroatoms. The molecule has 0 radical (unpaired) electrons. The van der Waals surface area contributed by atoms with Crippen molar-refractivity contribution in [1.82, 2.24) is 10.2 Å². The number of likely N-dealkylation sites (tertiary alicyclic amines) is 1. The van der Waals surface area contributed by atoms with E-state index in [-0.39, 0.29) is 11.9 Å². The first-order valence-electron chi connectivity index (χ1n) is 9.17. The zero-order chi connectivity index (χ0) is 16.9. The zero-order valence-electron chi connectivity index (χ0n) is 14.8. The van der Waals surface area contributed by atoms with Gasteiger partial charge in [0.1, 0.15) is 0 Å². The van der Waals surface area contributed by atoms with E-state index in [0.29, 0.717) is 0 Å². The van der Waals surface area contributed by atoms with Gasteiger partial charge in [-0.2, -0.15) is 0 Å². The molecule has 2 aliphatic rings. The third-order valence-electron chi connectivity index (χ3n) is 5.15. The van der Waals surface area contributed by atoms with Gasteiger partial charge in [-0.3, -0.25) is 9.69 Å². The molecule has 1 amide bonds. The van der Waals surface area contributed by atoms with E-state index >= 15 is 0 Å². The summed E-state index contributed by atoms with van der Waals surface area (Å²) in [7, 11) is 0. The molecular formula is C20H29N3O. The van der Waals surface area contributed by atoms with Crippen molar-refractivity contribution in [3.05, 3.63) is 42.0 Å². The molecule has 0 atom stereocenters. The SMILES string of the molecule is C=CCN1CCC(NC(=O)c2cc(C)ccc2N2CCCC2)CC1. The van der Waals surface area contributed by atoms with E-state index in [9.17, 15) is 4.79 Å². The zero-order valence-corrected chi connectivity index (χ0v) is 14.8. The second kappa shape index (κ2) is 7.84. The summed E-state index contributed by atoms with van der Waals surface area (Å²) in [6.07, 6.45) is 6.43. The summed E-state index contributed by atoms with van der Waals surface area (Å²) in [5.41, 5.74) is 3.08. The van der Waals surface area contributed by atoms with Crippen LogP contribution in [-0.4, -0.2) is 49.6 Å². The minimum Gasteiger partial charge on any atom is -0.371 e. The molecular weight excluding hydrogens is 298 g/mol. The van der Waals surface area contributed by atoms with Crippen LogP contribution >= 0.6 is 0 Å². The van der Waals surface area contributed by atoms with Crippen LogP contribution < -0.4 is 10.2 Å². The molecule has 3 rings (SSSR count). The lowest BCUT2D eigenvalue weighted by Crippen LogP contribution is -2.44. The molecule has 0 saturated carbocycles. The van der Waals surface area contributed by atoms with Crippen molar-refractivity contribution in [3.63, 3.8) is 0 Å². The largest absolute Gasteiger partial charge is 0.371 e. The van der Waals surface area contributed by atoms with Gasteiger partial charge in [0.2, 0.25) is 0 Å². The Hall–Kier alpha value is -1.81. The first-order valence-corrected chi connectivity index (χ1v) is 9.17. The third kappa shape index (κ3) is 3.99. The number of nitrogens with zero attached hydrogens (tertiary/aromatic N) is 2. The summed E-state index contributed by atoms with van der Waals surface area (Å²) in [5.74, 6) is 0.0859. The van der Waals surface area contributed by atoms with Crippen molar-refractivity contribution in [1.29, 1.82) is 0 Å². The van der Waals surface area contributed by atoms with Gasteiger partial charge in [0, 0.05) is 44.5 Å². The number of nitrogens with one attached hydrogen (secondary N) is 1. The molecule has 1 N–H and O–H groups in total. The minimum absolute atomic E-state index is 0.0859. The molecule has 1 aromatic carbocycles. The number of carbonyl (C=O) groups is 1. The van der Waals surface area contributed by atoms with Gasteiger partial charge in [-0.25, -0.2) is 0 Å². The van der Waals surface area contributed by atoms with Crippen LogP contribution in [0.1, 0.15) is 41.6 Å². The molecule has 2 fully saturated rings. The first-order chi connectivity index (χ1) is 11.7. The van der Waals surface area contributed by atoms with E-state index < -0.39 is 0 Å². The fraction of sp³-hybridized carbons (Fsp3) is 0.550. The van der Waals surface area contributed by atoms with Gasteiger partial charge in [-0.1, -0.05) is 17.7 Å². The maximum absolute atomic E-state index is 12.9. The van der Waals surface area contributed by atoms with Crippen molar-refractivity contribution in [3.8, 4) is 0 Å². The third-order valence-corrected chi connectivity index (χ3v) is 5.15. The molecule has 130 valence electrons. The van der Waals surface area contributed by atoms with Gasteiger partial charge in [0.25, 0.3) is 5.91 Å². The van der Waals surface area contributed by atoms with Crippen molar-refractivity contribution < 1.29 is 4.79 Å². The second-order valence-corrected chi connectivity index (χ2v) is 7.05. The monoisotopic (exact) mass is 327 g/mol. The molecule has 0 aliphatic carbocycles. The molecule has 0 bridgehead atoms. The van der Waals surface area contributed by atoms with Crippen molar-refractivity contribution in [2.75, 3.05) is 37.6 Å². The van der Waals surface area contributed by atoms with Crippen LogP contribution in [0.2, 0.25) is 0 Å². The predicted molar refractivity (Wildman–Crippen MR) is 99.8 cm³/mol. The molecule has 4 nitrogen and oxygen atoms in total. The molecule has 0 spiro atoms. The molecule has 1 aromatic rings. The quantitative estimate of drug-likeness (QED) is 0.845. The van der Waals surface area contributed by atoms with E-state index in [1.54, 1.807) is 0 Å². The molecule has 0 aromatic heterocycles. The standard InChI is InChI=1S/C20H29N3O/c1-3-10-22-13-8-17(9-14-22)21-20(24)18-15-16(2)6-7-19(18)23-11-4-5-12-23/h3,6-7,15,17H,1,4-5,8-14H2,2H3,(H,21,24). The second-order valence-electron chi connectivity index (χ2n) is 7.05. The van der Waals surface area contributed by atoms with Crippen LogP contribution in [0.15, 0.2) is 30.9 Å². The number of aryl methyl sites for hydroxylation is 1. The van der Waals surface area contributed by atoms with E-state index in [2.05, 4.69) is 40.8 Å². The maximum Gasteiger partial charge on any atom is 0.253 e. The van der Waals surface area contributed by atoms with E-state index in [1.807, 2.05) is 12.1 Å². The highest BCUT2D eigenvalue weighted by Crippen LogP contribution is 2.26. The summed E-state index contributed by atoms with van der Waals surface area (Å²) >= 11 is 0. The number of amides is 1. The lowest BCUT2D eigenvalue weighted by Gasteiger charge is -2.32. The Kier molecular flexibility index (Phi) is 5.56. The normalized spacial score (nSPS) is 19.5. The Balaban J connectivity index is 1.66. The van der Waals surface area contributed by atoms with Crippen LogP contribution in [0, 0.1) is 6.92 Å². The lowest BCUT2D eigenvalue weighted by atomic mass is 10.0. The highest BCUT2D eigenvalue weighted by molar-refractivity contribution is 6.00. The van der Waals surface area contributed by atoms with Gasteiger partial charge in [-0.05, 0) is 44.7 Å². The van der Waals surface area contributed by atoms with E-state index in [1.165, 1.54) is 12.8 Å². The van der Waals surface area contributed by atoms with Gasteiger partial charge >= 0.3 is 0 Å². The number of carbonyl (C=O) groups excluding carboxylic acids is 1. The van der Waals surface area contributed by atoms with Crippen molar-refractivity contribution >= 4 is 11.6 Å². The Bertz CT molecular complexity index is 585. The average Bonchev–Trinajstić information content (AvgIpc) is 3.11. The van der Waals surface area contributed by atoms with Gasteiger partial charge < -0.3 is 10.2 Å². The summed E-state index contributed by atoms with van der Waals surface area (Å²) in [4.78, 5) is 17.6. The number of piperidine rings is 1. The Morgan fingerprint density at radius 1 is 1.25 bits per heavy atom. The van der Waals surface area contributed by atoms with Crippen LogP contribution in [-0.2, 0) is 0 Å². The van der Waals surface area contributed by atoms with Crippen LogP contribution in [0.3, 0.4) is 0 Å². The number of anilines is 1. The highest BCUT2D eigenvalue weighted by Gasteiger charge is 2.23. The van der Waals surface area contributed by atoms with E-state index in [4.69, 9.17) is 0 Å². The molecule has 24 heavy (non-hydrogen) atoms. The van der Waals surface area contributed by atoms with Crippen LogP contribution in [0.4, 0.5) is 5.69 Å². The first kappa shape index (κ1) is 17.0. The number of hydrogen-bond acceptors (Lipinski definition) is 3. The molecule has 2 heterocycles. The van der Waals surface area contributed by atoms with E-state index in [0.717, 1.165) is 62.4 Å². The summed E-state index contributed by atoms with van der Waals surface area (Å²) in [5, 5.41) is 3.27. The minimum atomic E-state index is 0.0859. The van der Waals surface area contributed by atoms with Crippen molar-refractivity contribution in [2.24, 2.45) is 0 Å². The molecule has 2 saturated heterocycles. The Morgan fingerprint density at radius 3 is 2.62 bits per heavy atom. The van der Waals surface area contributed by atoms with Gasteiger partial charge in [0.15, 0.2) is 0 Å². The summed E-state index contributed by atoms with van der Waals surface area (Å²) < 4.78 is 0. The topological polar surface area (TPSA) is 35.6 Å². The maximum atomic E-state index is 12.9. The summed E-state index contributed by atoms with van der Waals surface area (Å²) in [6, 6.07) is 6.54. The van der Waals surface area contributed by atoms with Gasteiger partial charge in [-0.15, -0.1) is 6.58 Å². The number of rotatable bonds is 5. The summed E-state index contributed by atoms with van der Waals surface area (Å²) in [6.45, 7) is 11.0. The molecule has 2 aliphatic heterocycles. The Labute approximate surface area is 145 Å². The van der Waals surface area contributed by atoms with Gasteiger partial charge in [0.05, 0.1) is 5.56 Å². The highest BCUT2D eigenvalue weighted by atomic mass is 16.1. The molecule has 0 unspecified atom stereocenters. The van der Waals surface area contributed by atoms with Crippen LogP contribution in [0.25, 0.3) is 0 Å².